The number of nitrogens with one attached hydrogen (secondary N) is 1. The molecule has 0 aromatic heterocycles. The predicted octanol–water partition coefficient (Wildman–Crippen LogP) is -1.08. The van der Waals surface area contributed by atoms with Crippen LogP contribution in [0.2, 0.25) is 0 Å². The smallest absolute Gasteiger partial charge is 0.282 e. The van der Waals surface area contributed by atoms with Crippen LogP contribution in [0.5, 0.6) is 0 Å². The van der Waals surface area contributed by atoms with Crippen LogP contribution in [-0.4, -0.2) is 80.3 Å². The van der Waals surface area contributed by atoms with E-state index in [1.165, 1.54) is 0 Å². The predicted molar refractivity (Wildman–Crippen MR) is 69.5 cm³/mol. The lowest BCUT2D eigenvalue weighted by Gasteiger charge is -2.46. The number of rotatable bonds is 3. The summed E-state index contributed by atoms with van der Waals surface area (Å²) in [5.41, 5.74) is 0. The van der Waals surface area contributed by atoms with Crippen LogP contribution < -0.4 is 5.32 Å². The van der Waals surface area contributed by atoms with Gasteiger partial charge in [-0.05, 0) is 12.8 Å². The van der Waals surface area contributed by atoms with Gasteiger partial charge in [0.15, 0.2) is 0 Å². The highest BCUT2D eigenvalue weighted by Crippen LogP contribution is 2.24. The number of piperazine rings is 1. The fraction of sp³-hybridized carbons (Fsp3) is 1.00. The van der Waals surface area contributed by atoms with E-state index in [9.17, 15) is 8.42 Å². The third-order valence-corrected chi connectivity index (χ3v) is 6.18. The number of hydrogen-bond acceptors (Lipinski definition) is 4. The van der Waals surface area contributed by atoms with E-state index in [-0.39, 0.29) is 0 Å². The maximum absolute atomic E-state index is 12.3. The molecule has 1 N–H and O–H groups in total. The van der Waals surface area contributed by atoms with E-state index in [1.54, 1.807) is 8.61 Å². The Hall–Kier alpha value is -0.210. The van der Waals surface area contributed by atoms with E-state index < -0.39 is 10.2 Å². The average Bonchev–Trinajstić information content (AvgIpc) is 2.82. The lowest BCUT2D eigenvalue weighted by molar-refractivity contribution is 0.0738. The van der Waals surface area contributed by atoms with Crippen molar-refractivity contribution in [3.63, 3.8) is 0 Å². The van der Waals surface area contributed by atoms with Crippen molar-refractivity contribution >= 4 is 10.2 Å². The van der Waals surface area contributed by atoms with Crippen molar-refractivity contribution in [3.8, 4) is 0 Å². The molecule has 3 fully saturated rings. The zero-order valence-electron chi connectivity index (χ0n) is 10.7. The van der Waals surface area contributed by atoms with Crippen molar-refractivity contribution in [3.05, 3.63) is 0 Å². The largest absolute Gasteiger partial charge is 0.314 e. The van der Waals surface area contributed by atoms with Gasteiger partial charge in [-0.1, -0.05) is 0 Å². The topological polar surface area (TPSA) is 55.9 Å². The molecule has 6 nitrogen and oxygen atoms in total. The maximum atomic E-state index is 12.3. The van der Waals surface area contributed by atoms with Crippen LogP contribution in [0.4, 0.5) is 0 Å². The second kappa shape index (κ2) is 5.05. The quantitative estimate of drug-likeness (QED) is 0.711. The highest BCUT2D eigenvalue weighted by Gasteiger charge is 2.42. The molecule has 0 spiro atoms. The second-order valence-corrected chi connectivity index (χ2v) is 7.30. The summed E-state index contributed by atoms with van der Waals surface area (Å²) < 4.78 is 27.8. The molecule has 3 rings (SSSR count). The zero-order chi connectivity index (χ0) is 12.6. The van der Waals surface area contributed by atoms with Crippen LogP contribution in [0.25, 0.3) is 0 Å². The van der Waals surface area contributed by atoms with Gasteiger partial charge in [-0.2, -0.15) is 17.0 Å². The van der Waals surface area contributed by atoms with Crippen molar-refractivity contribution < 1.29 is 8.42 Å². The molecule has 0 radical (unpaired) electrons. The molecule has 0 saturated carbocycles. The van der Waals surface area contributed by atoms with Crippen LogP contribution in [-0.2, 0) is 10.2 Å². The third-order valence-electron chi connectivity index (χ3n) is 4.21. The molecule has 3 aliphatic heterocycles. The third kappa shape index (κ3) is 2.30. The van der Waals surface area contributed by atoms with Crippen molar-refractivity contribution in [2.45, 2.75) is 18.9 Å². The summed E-state index contributed by atoms with van der Waals surface area (Å²) in [6, 6.07) is 0.435. The molecule has 0 aliphatic carbocycles. The van der Waals surface area contributed by atoms with E-state index >= 15 is 0 Å². The molecule has 104 valence electrons. The Morgan fingerprint density at radius 1 is 0.889 bits per heavy atom. The molecular formula is C11H22N4O2S. The lowest BCUT2D eigenvalue weighted by atomic mass is 10.1. The summed E-state index contributed by atoms with van der Waals surface area (Å²) in [5.74, 6) is 0. The molecule has 7 heteroatoms. The van der Waals surface area contributed by atoms with E-state index in [2.05, 4.69) is 10.2 Å². The lowest BCUT2D eigenvalue weighted by Crippen LogP contribution is -2.65. The first-order valence-electron chi connectivity index (χ1n) is 6.88. The Kier molecular flexibility index (Phi) is 3.59. The van der Waals surface area contributed by atoms with Crippen molar-refractivity contribution in [2.24, 2.45) is 0 Å². The standard InChI is InChI=1S/C11H22N4O2S/c16-18(17,14-5-1-2-6-14)15-9-11(10-15)13-7-3-12-4-8-13/h11-12H,1-10H2. The molecule has 3 aliphatic rings. The van der Waals surface area contributed by atoms with Gasteiger partial charge in [0.1, 0.15) is 0 Å². The van der Waals surface area contributed by atoms with Crippen LogP contribution in [0.3, 0.4) is 0 Å². The minimum Gasteiger partial charge on any atom is -0.314 e. The van der Waals surface area contributed by atoms with Crippen LogP contribution >= 0.6 is 0 Å². The molecule has 0 aromatic rings. The first-order chi connectivity index (χ1) is 8.68. The average molecular weight is 274 g/mol. The molecule has 0 aromatic carbocycles. The van der Waals surface area contributed by atoms with Gasteiger partial charge in [-0.3, -0.25) is 4.90 Å². The summed E-state index contributed by atoms with van der Waals surface area (Å²) in [5, 5.41) is 3.32. The van der Waals surface area contributed by atoms with Crippen LogP contribution in [0.15, 0.2) is 0 Å². The minimum absolute atomic E-state index is 0.435. The first kappa shape index (κ1) is 12.8. The Labute approximate surface area is 109 Å². The van der Waals surface area contributed by atoms with Gasteiger partial charge in [-0.15, -0.1) is 0 Å². The molecule has 0 amide bonds. The Morgan fingerprint density at radius 3 is 2.11 bits per heavy atom. The molecule has 0 atom stereocenters. The maximum Gasteiger partial charge on any atom is 0.282 e. The second-order valence-electron chi connectivity index (χ2n) is 5.37. The molecule has 3 saturated heterocycles. The normalized spacial score (nSPS) is 29.6. The van der Waals surface area contributed by atoms with Crippen LogP contribution in [0, 0.1) is 0 Å². The summed E-state index contributed by atoms with van der Waals surface area (Å²) in [6.07, 6.45) is 2.02. The van der Waals surface area contributed by atoms with E-state index in [0.717, 1.165) is 39.0 Å². The van der Waals surface area contributed by atoms with Gasteiger partial charge in [0, 0.05) is 58.4 Å². The van der Waals surface area contributed by atoms with Gasteiger partial charge >= 0.3 is 0 Å². The fourth-order valence-corrected chi connectivity index (χ4v) is 4.73. The highest BCUT2D eigenvalue weighted by molar-refractivity contribution is 7.86. The van der Waals surface area contributed by atoms with Crippen LogP contribution in [0.1, 0.15) is 12.8 Å². The van der Waals surface area contributed by atoms with E-state index in [1.807, 2.05) is 0 Å². The van der Waals surface area contributed by atoms with E-state index in [0.29, 0.717) is 32.2 Å². The van der Waals surface area contributed by atoms with Gasteiger partial charge in [-0.25, -0.2) is 0 Å². The molecule has 0 unspecified atom stereocenters. The Bertz CT molecular complexity index is 382. The van der Waals surface area contributed by atoms with Gasteiger partial charge in [0.2, 0.25) is 0 Å². The number of hydrogen-bond donors (Lipinski definition) is 1. The molecule has 0 bridgehead atoms. The van der Waals surface area contributed by atoms with Gasteiger partial charge in [0.05, 0.1) is 0 Å². The van der Waals surface area contributed by atoms with Crippen molar-refractivity contribution in [1.82, 2.24) is 18.8 Å². The SMILES string of the molecule is O=S(=O)(N1CCCC1)N1CC(N2CCNCC2)C1. The Balaban J connectivity index is 1.54. The summed E-state index contributed by atoms with van der Waals surface area (Å²) in [7, 11) is -3.15. The van der Waals surface area contributed by atoms with Gasteiger partial charge < -0.3 is 5.32 Å². The number of nitrogens with zero attached hydrogens (tertiary/aromatic N) is 3. The summed E-state index contributed by atoms with van der Waals surface area (Å²) >= 11 is 0. The highest BCUT2D eigenvalue weighted by atomic mass is 32.2. The monoisotopic (exact) mass is 274 g/mol. The fourth-order valence-electron chi connectivity index (χ4n) is 2.97. The summed E-state index contributed by atoms with van der Waals surface area (Å²) in [6.45, 7) is 6.90. The van der Waals surface area contributed by atoms with E-state index in [4.69, 9.17) is 0 Å². The first-order valence-corrected chi connectivity index (χ1v) is 8.27. The minimum atomic E-state index is -3.15. The van der Waals surface area contributed by atoms with Crippen molar-refractivity contribution in [1.29, 1.82) is 0 Å². The molecule has 18 heavy (non-hydrogen) atoms. The molecule has 3 heterocycles. The van der Waals surface area contributed by atoms with Gasteiger partial charge in [0.25, 0.3) is 10.2 Å². The summed E-state index contributed by atoms with van der Waals surface area (Å²) in [4.78, 5) is 2.41. The zero-order valence-corrected chi connectivity index (χ0v) is 11.5. The van der Waals surface area contributed by atoms with Crippen molar-refractivity contribution in [2.75, 3.05) is 52.4 Å². The molecular weight excluding hydrogens is 252 g/mol. The Morgan fingerprint density at radius 2 is 1.50 bits per heavy atom.